The fourth-order valence-corrected chi connectivity index (χ4v) is 1.37. The number of rotatable bonds is 7. The van der Waals surface area contributed by atoms with Gasteiger partial charge in [0.05, 0.1) is 12.0 Å². The quantitative estimate of drug-likeness (QED) is 0.434. The van der Waals surface area contributed by atoms with Crippen molar-refractivity contribution in [2.24, 2.45) is 0 Å². The van der Waals surface area contributed by atoms with E-state index in [9.17, 15) is 10.1 Å². The highest BCUT2D eigenvalue weighted by Gasteiger charge is 2.15. The molecule has 0 aliphatic heterocycles. The van der Waals surface area contributed by atoms with Crippen LogP contribution in [0, 0.1) is 10.1 Å². The first-order valence-electron chi connectivity index (χ1n) is 5.71. The van der Waals surface area contributed by atoms with Crippen molar-refractivity contribution < 1.29 is 9.66 Å². The van der Waals surface area contributed by atoms with Crippen molar-refractivity contribution in [2.45, 2.75) is 19.9 Å². The Bertz CT molecular complexity index is 409. The predicted octanol–water partition coefficient (Wildman–Crippen LogP) is 1.41. The molecule has 0 bridgehead atoms. The zero-order chi connectivity index (χ0) is 13.5. The summed E-state index contributed by atoms with van der Waals surface area (Å²) < 4.78 is 4.94. The van der Waals surface area contributed by atoms with Crippen LogP contribution in [0.4, 0.5) is 11.5 Å². The van der Waals surface area contributed by atoms with Gasteiger partial charge in [-0.15, -0.1) is 0 Å². The maximum atomic E-state index is 10.8. The molecule has 7 nitrogen and oxygen atoms in total. The Hall–Kier alpha value is -1.89. The first kappa shape index (κ1) is 14.2. The van der Waals surface area contributed by atoms with Crippen molar-refractivity contribution in [3.63, 3.8) is 0 Å². The number of hydrogen-bond donors (Lipinski definition) is 2. The van der Waals surface area contributed by atoms with Crippen molar-refractivity contribution in [3.8, 4) is 5.88 Å². The summed E-state index contributed by atoms with van der Waals surface area (Å²) in [7, 11) is 1.47. The number of methoxy groups -OCH3 is 1. The van der Waals surface area contributed by atoms with Gasteiger partial charge in [-0.2, -0.15) is 4.98 Å². The lowest BCUT2D eigenvalue weighted by atomic mass is 10.3. The summed E-state index contributed by atoms with van der Waals surface area (Å²) >= 11 is 0. The Morgan fingerprint density at radius 2 is 2.17 bits per heavy atom. The van der Waals surface area contributed by atoms with E-state index >= 15 is 0 Å². The first-order chi connectivity index (χ1) is 8.54. The lowest BCUT2D eigenvalue weighted by molar-refractivity contribution is -0.384. The summed E-state index contributed by atoms with van der Waals surface area (Å²) in [6.07, 6.45) is 0. The average Bonchev–Trinajstić information content (AvgIpc) is 2.33. The van der Waals surface area contributed by atoms with Crippen molar-refractivity contribution in [2.75, 3.05) is 25.5 Å². The fourth-order valence-electron chi connectivity index (χ4n) is 1.37. The number of pyridine rings is 1. The summed E-state index contributed by atoms with van der Waals surface area (Å²) in [6, 6.07) is 3.22. The third-order valence-corrected chi connectivity index (χ3v) is 2.22. The number of ether oxygens (including phenoxy) is 1. The second-order valence-electron chi connectivity index (χ2n) is 4.01. The molecule has 0 unspecified atom stereocenters. The topological polar surface area (TPSA) is 89.3 Å². The normalized spacial score (nSPS) is 10.4. The standard InChI is InChI=1S/C11H18N4O3/c1-8(2)12-6-7-13-11-9(15(16)17)4-5-10(14-11)18-3/h4-5,8,12H,6-7H2,1-3H3,(H,13,14). The molecule has 1 heterocycles. The van der Waals surface area contributed by atoms with Crippen LogP contribution in [-0.2, 0) is 0 Å². The molecule has 0 atom stereocenters. The molecule has 0 radical (unpaired) electrons. The van der Waals surface area contributed by atoms with E-state index in [2.05, 4.69) is 15.6 Å². The van der Waals surface area contributed by atoms with Crippen molar-refractivity contribution in [1.29, 1.82) is 0 Å². The number of anilines is 1. The molecule has 2 N–H and O–H groups in total. The van der Waals surface area contributed by atoms with Gasteiger partial charge < -0.3 is 15.4 Å². The van der Waals surface area contributed by atoms with Gasteiger partial charge in [-0.1, -0.05) is 13.8 Å². The Morgan fingerprint density at radius 3 is 2.72 bits per heavy atom. The van der Waals surface area contributed by atoms with E-state index in [0.29, 0.717) is 25.0 Å². The molecular formula is C11H18N4O3. The van der Waals surface area contributed by atoms with Gasteiger partial charge in [0.25, 0.3) is 0 Å². The van der Waals surface area contributed by atoms with Gasteiger partial charge in [0.2, 0.25) is 11.7 Å². The smallest absolute Gasteiger partial charge is 0.311 e. The van der Waals surface area contributed by atoms with E-state index in [1.807, 2.05) is 13.8 Å². The van der Waals surface area contributed by atoms with E-state index in [0.717, 1.165) is 0 Å². The van der Waals surface area contributed by atoms with Crippen LogP contribution in [0.1, 0.15) is 13.8 Å². The Morgan fingerprint density at radius 1 is 1.44 bits per heavy atom. The molecule has 1 aromatic rings. The van der Waals surface area contributed by atoms with E-state index < -0.39 is 4.92 Å². The maximum absolute atomic E-state index is 10.8. The van der Waals surface area contributed by atoms with E-state index in [4.69, 9.17) is 4.74 Å². The first-order valence-corrected chi connectivity index (χ1v) is 5.71. The largest absolute Gasteiger partial charge is 0.481 e. The van der Waals surface area contributed by atoms with Crippen LogP contribution in [0.15, 0.2) is 12.1 Å². The number of nitrogens with zero attached hydrogens (tertiary/aromatic N) is 2. The monoisotopic (exact) mass is 254 g/mol. The minimum atomic E-state index is -0.468. The fraction of sp³-hybridized carbons (Fsp3) is 0.545. The second kappa shape index (κ2) is 6.75. The van der Waals surface area contributed by atoms with Crippen molar-refractivity contribution in [1.82, 2.24) is 10.3 Å². The van der Waals surface area contributed by atoms with E-state index in [-0.39, 0.29) is 11.5 Å². The van der Waals surface area contributed by atoms with Gasteiger partial charge in [0.15, 0.2) is 0 Å². The van der Waals surface area contributed by atoms with Crippen LogP contribution in [-0.4, -0.2) is 36.1 Å². The minimum Gasteiger partial charge on any atom is -0.481 e. The lowest BCUT2D eigenvalue weighted by Crippen LogP contribution is -2.28. The number of aromatic nitrogens is 1. The third kappa shape index (κ3) is 4.17. The van der Waals surface area contributed by atoms with Gasteiger partial charge in [0, 0.05) is 31.3 Å². The van der Waals surface area contributed by atoms with E-state index in [1.165, 1.54) is 19.2 Å². The Labute approximate surface area is 106 Å². The van der Waals surface area contributed by atoms with Crippen LogP contribution < -0.4 is 15.4 Å². The lowest BCUT2D eigenvalue weighted by Gasteiger charge is -2.10. The van der Waals surface area contributed by atoms with Gasteiger partial charge >= 0.3 is 5.69 Å². The zero-order valence-electron chi connectivity index (χ0n) is 10.8. The Kier molecular flexibility index (Phi) is 5.31. The average molecular weight is 254 g/mol. The third-order valence-electron chi connectivity index (χ3n) is 2.22. The zero-order valence-corrected chi connectivity index (χ0v) is 10.8. The molecule has 0 saturated carbocycles. The SMILES string of the molecule is COc1ccc([N+](=O)[O-])c(NCCNC(C)C)n1. The van der Waals surface area contributed by atoms with Crippen LogP contribution in [0.2, 0.25) is 0 Å². The molecule has 1 aromatic heterocycles. The molecule has 0 saturated heterocycles. The van der Waals surface area contributed by atoms with Crippen molar-refractivity contribution >= 4 is 11.5 Å². The second-order valence-corrected chi connectivity index (χ2v) is 4.01. The number of hydrogen-bond acceptors (Lipinski definition) is 6. The van der Waals surface area contributed by atoms with Gasteiger partial charge in [-0.05, 0) is 0 Å². The van der Waals surface area contributed by atoms with Gasteiger partial charge in [-0.25, -0.2) is 0 Å². The summed E-state index contributed by atoms with van der Waals surface area (Å²) in [4.78, 5) is 14.4. The molecule has 18 heavy (non-hydrogen) atoms. The highest BCUT2D eigenvalue weighted by molar-refractivity contribution is 5.56. The molecule has 0 aromatic carbocycles. The summed E-state index contributed by atoms with van der Waals surface area (Å²) in [6.45, 7) is 5.32. The summed E-state index contributed by atoms with van der Waals surface area (Å²) in [5.41, 5.74) is -0.0552. The molecule has 7 heteroatoms. The van der Waals surface area contributed by atoms with Crippen LogP contribution in [0.25, 0.3) is 0 Å². The Balaban J connectivity index is 2.69. The van der Waals surface area contributed by atoms with Crippen LogP contribution >= 0.6 is 0 Å². The molecule has 0 aliphatic carbocycles. The highest BCUT2D eigenvalue weighted by Crippen LogP contribution is 2.24. The summed E-state index contributed by atoms with van der Waals surface area (Å²) in [5.74, 6) is 0.574. The molecule has 0 amide bonds. The predicted molar refractivity (Wildman–Crippen MR) is 69.1 cm³/mol. The van der Waals surface area contributed by atoms with Gasteiger partial charge in [-0.3, -0.25) is 10.1 Å². The molecule has 0 aliphatic rings. The molecule has 1 rings (SSSR count). The summed E-state index contributed by atoms with van der Waals surface area (Å²) in [5, 5.41) is 17.0. The number of nitro groups is 1. The number of nitrogens with one attached hydrogen (secondary N) is 2. The van der Waals surface area contributed by atoms with Crippen LogP contribution in [0.3, 0.4) is 0 Å². The maximum Gasteiger partial charge on any atom is 0.311 e. The molecular weight excluding hydrogens is 236 g/mol. The van der Waals surface area contributed by atoms with E-state index in [1.54, 1.807) is 0 Å². The van der Waals surface area contributed by atoms with Crippen molar-refractivity contribution in [3.05, 3.63) is 22.2 Å². The molecule has 0 spiro atoms. The highest BCUT2D eigenvalue weighted by atomic mass is 16.6. The molecule has 100 valence electrons. The van der Waals surface area contributed by atoms with Gasteiger partial charge in [0.1, 0.15) is 0 Å². The van der Waals surface area contributed by atoms with Crippen LogP contribution in [0.5, 0.6) is 5.88 Å². The molecule has 0 fully saturated rings. The minimum absolute atomic E-state index is 0.0552.